The summed E-state index contributed by atoms with van der Waals surface area (Å²) < 4.78 is 2.47. The summed E-state index contributed by atoms with van der Waals surface area (Å²) >= 11 is -0.472. The van der Waals surface area contributed by atoms with E-state index in [1.807, 2.05) is 24.5 Å². The molecule has 31 heavy (non-hydrogen) atoms. The predicted octanol–water partition coefficient (Wildman–Crippen LogP) is 8.38. The van der Waals surface area contributed by atoms with Crippen LogP contribution in [0.4, 0.5) is 0 Å². The molecule has 0 fully saturated rings. The number of halogens is 2. The van der Waals surface area contributed by atoms with E-state index in [0.29, 0.717) is 0 Å². The van der Waals surface area contributed by atoms with Gasteiger partial charge in [0.05, 0.1) is 11.2 Å². The number of pyridine rings is 2. The molecule has 0 bridgehead atoms. The second kappa shape index (κ2) is 13.2. The zero-order valence-electron chi connectivity index (χ0n) is 17.8. The van der Waals surface area contributed by atoms with E-state index < -0.39 is 16.5 Å². The molecule has 0 spiro atoms. The summed E-state index contributed by atoms with van der Waals surface area (Å²) in [4.78, 5) is 9.30. The van der Waals surface area contributed by atoms with Crippen LogP contribution >= 0.6 is 18.8 Å². The molecule has 168 valence electrons. The average molecular weight is 638 g/mol. The second-order valence-electron chi connectivity index (χ2n) is 7.61. The summed E-state index contributed by atoms with van der Waals surface area (Å²) in [7, 11) is 9.75. The molecule has 0 aliphatic carbocycles. The Balaban J connectivity index is 0.000000858. The van der Waals surface area contributed by atoms with Crippen molar-refractivity contribution in [3.05, 3.63) is 60.9 Å². The third kappa shape index (κ3) is 6.31. The summed E-state index contributed by atoms with van der Waals surface area (Å²) in [6, 6.07) is 16.9. The normalized spacial score (nSPS) is 11.1. The van der Waals surface area contributed by atoms with Crippen LogP contribution in [0.1, 0.15) is 51.9 Å². The maximum absolute atomic E-state index is 4.88. The molecule has 0 unspecified atom stereocenters. The molecular weight excluding hydrogens is 608 g/mol. The monoisotopic (exact) mass is 636 g/mol. The van der Waals surface area contributed by atoms with Gasteiger partial charge in [-0.3, -0.25) is 9.97 Å². The van der Waals surface area contributed by atoms with Crippen molar-refractivity contribution >= 4 is 40.6 Å². The van der Waals surface area contributed by atoms with E-state index in [2.05, 4.69) is 52.9 Å². The van der Waals surface area contributed by atoms with E-state index in [9.17, 15) is 0 Å². The van der Waals surface area contributed by atoms with Crippen molar-refractivity contribution in [2.24, 2.45) is 0 Å². The van der Waals surface area contributed by atoms with Gasteiger partial charge in [-0.15, -0.1) is 0 Å². The van der Waals surface area contributed by atoms with Crippen LogP contribution in [0.2, 0.25) is 0 Å². The van der Waals surface area contributed by atoms with Crippen molar-refractivity contribution in [3.63, 3.8) is 0 Å². The van der Waals surface area contributed by atoms with Crippen LogP contribution in [-0.4, -0.2) is 14.5 Å². The molecule has 0 N–H and O–H groups in total. The first-order chi connectivity index (χ1) is 15.3. The second-order valence-corrected chi connectivity index (χ2v) is 10.9. The Hall–Kier alpha value is -1.41. The molecule has 0 aliphatic heterocycles. The van der Waals surface area contributed by atoms with E-state index >= 15 is 0 Å². The molecule has 0 atom stereocenters. The summed E-state index contributed by atoms with van der Waals surface area (Å²) in [6.07, 6.45) is 13.0. The first-order valence-electron chi connectivity index (χ1n) is 10.9. The van der Waals surface area contributed by atoms with E-state index in [1.54, 1.807) is 0 Å². The Morgan fingerprint density at radius 2 is 1.48 bits per heavy atom. The van der Waals surface area contributed by atoms with Crippen LogP contribution < -0.4 is 0 Å². The van der Waals surface area contributed by atoms with Crippen LogP contribution in [0.3, 0.4) is 0 Å². The van der Waals surface area contributed by atoms with Crippen LogP contribution in [0.5, 0.6) is 0 Å². The quantitative estimate of drug-likeness (QED) is 0.173. The zero-order chi connectivity index (χ0) is 21.9. The van der Waals surface area contributed by atoms with Crippen LogP contribution in [-0.2, 0) is 23.0 Å². The third-order valence-electron chi connectivity index (χ3n) is 5.57. The van der Waals surface area contributed by atoms with Gasteiger partial charge in [0.25, 0.3) is 0 Å². The van der Waals surface area contributed by atoms with E-state index in [1.165, 1.54) is 66.8 Å². The van der Waals surface area contributed by atoms with Gasteiger partial charge in [-0.1, -0.05) is 69.7 Å². The third-order valence-corrected chi connectivity index (χ3v) is 5.57. The zero-order valence-corrected chi connectivity index (χ0v) is 21.6. The van der Waals surface area contributed by atoms with Gasteiger partial charge in [0.2, 0.25) is 0 Å². The van der Waals surface area contributed by atoms with Gasteiger partial charge in [-0.2, -0.15) is 0 Å². The molecule has 1 aromatic carbocycles. The number of rotatable bonds is 9. The summed E-state index contributed by atoms with van der Waals surface area (Å²) in [6.45, 7) is 3.30. The number of fused-ring (bicyclic) bond motifs is 3. The molecule has 0 aliphatic rings. The molecule has 3 heterocycles. The topological polar surface area (TPSA) is 30.7 Å². The minimum absolute atomic E-state index is 0.472. The van der Waals surface area contributed by atoms with Crippen molar-refractivity contribution in [1.82, 2.24) is 14.5 Å². The number of hydrogen-bond acceptors (Lipinski definition) is 2. The van der Waals surface area contributed by atoms with Gasteiger partial charge >= 0.3 is 35.3 Å². The number of aromatic nitrogens is 3. The molecule has 0 radical (unpaired) electrons. The van der Waals surface area contributed by atoms with Crippen molar-refractivity contribution in [2.45, 2.75) is 58.4 Å². The Morgan fingerprint density at radius 1 is 0.774 bits per heavy atom. The minimum atomic E-state index is -0.472. The Morgan fingerprint density at radius 3 is 2.23 bits per heavy atom. The fourth-order valence-electron chi connectivity index (χ4n) is 4.15. The molecule has 4 aromatic rings. The van der Waals surface area contributed by atoms with Crippen LogP contribution in [0.25, 0.3) is 33.2 Å². The molecule has 0 saturated carbocycles. The van der Waals surface area contributed by atoms with Gasteiger partial charge in [-0.05, 0) is 30.7 Å². The molecule has 0 amide bonds. The van der Waals surface area contributed by atoms with Gasteiger partial charge < -0.3 is 4.57 Å². The summed E-state index contributed by atoms with van der Waals surface area (Å²) in [5.74, 6) is 0. The number of aryl methyl sites for hydroxylation is 1. The van der Waals surface area contributed by atoms with Gasteiger partial charge in [0.15, 0.2) is 0 Å². The fourth-order valence-corrected chi connectivity index (χ4v) is 4.15. The fraction of sp³-hybridized carbons (Fsp3) is 0.360. The van der Waals surface area contributed by atoms with E-state index in [-0.39, 0.29) is 0 Å². The summed E-state index contributed by atoms with van der Waals surface area (Å²) in [5.41, 5.74) is 4.44. The van der Waals surface area contributed by atoms with Crippen molar-refractivity contribution < 1.29 is 16.5 Å². The SMILES string of the molecule is CCCCCCCCCn1c2ccccc2c2ccnc(-c3ccccn3)c21.[Cl][Pt][Cl]. The number of hydrogen-bond donors (Lipinski definition) is 0. The van der Waals surface area contributed by atoms with E-state index in [0.717, 1.165) is 17.9 Å². The first-order valence-corrected chi connectivity index (χ1v) is 16.5. The number of unbranched alkanes of at least 4 members (excludes halogenated alkanes) is 6. The van der Waals surface area contributed by atoms with Crippen molar-refractivity contribution in [3.8, 4) is 11.4 Å². The molecule has 0 saturated heterocycles. The van der Waals surface area contributed by atoms with Gasteiger partial charge in [0.1, 0.15) is 5.69 Å². The van der Waals surface area contributed by atoms with Gasteiger partial charge in [0, 0.05) is 35.2 Å². The molecular formula is C25H29Cl2N3Pt. The Labute approximate surface area is 201 Å². The van der Waals surface area contributed by atoms with Gasteiger partial charge in [-0.25, -0.2) is 0 Å². The maximum atomic E-state index is 4.88. The Bertz CT molecular complexity index is 1070. The number of para-hydroxylation sites is 1. The average Bonchev–Trinajstić information content (AvgIpc) is 3.13. The summed E-state index contributed by atoms with van der Waals surface area (Å²) in [5, 5.41) is 2.58. The van der Waals surface area contributed by atoms with Crippen LogP contribution in [0, 0.1) is 0 Å². The van der Waals surface area contributed by atoms with Crippen molar-refractivity contribution in [1.29, 1.82) is 0 Å². The number of benzene rings is 1. The van der Waals surface area contributed by atoms with Crippen LogP contribution in [0.15, 0.2) is 60.9 Å². The molecule has 3 aromatic heterocycles. The standard InChI is InChI=1S/C25H29N3.2ClH.Pt/c1-2-3-4-5-6-7-12-19-28-23-15-9-8-13-20(23)21-16-18-27-24(25(21)28)22-14-10-11-17-26-22;;;/h8-11,13-18H,2-7,12,19H2,1H3;2*1H;/q;;;+2/p-2. The van der Waals surface area contributed by atoms with E-state index in [4.69, 9.17) is 23.8 Å². The Kier molecular flexibility index (Phi) is 10.3. The predicted molar refractivity (Wildman–Crippen MR) is 130 cm³/mol. The first kappa shape index (κ1) is 24.2. The van der Waals surface area contributed by atoms with Crippen molar-refractivity contribution in [2.75, 3.05) is 0 Å². The number of nitrogens with zero attached hydrogens (tertiary/aromatic N) is 3. The molecule has 3 nitrogen and oxygen atoms in total. The molecule has 6 heteroatoms. The molecule has 4 rings (SSSR count).